The first-order valence-corrected chi connectivity index (χ1v) is 9.45. The fourth-order valence-corrected chi connectivity index (χ4v) is 4.28. The molecule has 2 N–H and O–H groups in total. The lowest BCUT2D eigenvalue weighted by Gasteiger charge is -2.12. The van der Waals surface area contributed by atoms with E-state index in [9.17, 15) is 0 Å². The molecule has 5 aromatic rings. The number of rotatable bonds is 5. The van der Waals surface area contributed by atoms with Crippen molar-refractivity contribution in [3.8, 4) is 28.7 Å². The molecule has 0 atom stereocenters. The summed E-state index contributed by atoms with van der Waals surface area (Å²) in [6, 6.07) is 9.81. The number of aromatic nitrogens is 2. The van der Waals surface area contributed by atoms with Gasteiger partial charge in [-0.15, -0.1) is 0 Å². The largest absolute Gasteiger partial charge is 0.497 e. The number of fused-ring (bicyclic) bond motifs is 7. The number of nitrogens with one attached hydrogen (secondary N) is 2. The Kier molecular flexibility index (Phi) is 4.06. The van der Waals surface area contributed by atoms with Gasteiger partial charge in [0.25, 0.3) is 0 Å². The van der Waals surface area contributed by atoms with Crippen molar-refractivity contribution in [2.75, 3.05) is 35.5 Å². The van der Waals surface area contributed by atoms with Crippen LogP contribution in [0.25, 0.3) is 43.6 Å². The zero-order valence-electron chi connectivity index (χ0n) is 17.4. The second-order valence-electron chi connectivity index (χ2n) is 6.98. The molecule has 0 aliphatic rings. The number of hydrogen-bond acceptors (Lipinski definition) is 5. The van der Waals surface area contributed by atoms with Gasteiger partial charge in [-0.1, -0.05) is 0 Å². The topological polar surface area (TPSA) is 77.7 Å². The molecule has 0 saturated carbocycles. The number of benzene rings is 3. The number of ether oxygens (including phenoxy) is 5. The molecule has 0 fully saturated rings. The van der Waals surface area contributed by atoms with E-state index in [0.717, 1.165) is 49.4 Å². The summed E-state index contributed by atoms with van der Waals surface area (Å²) < 4.78 is 28.2. The van der Waals surface area contributed by atoms with E-state index in [0.29, 0.717) is 23.0 Å². The predicted molar refractivity (Wildman–Crippen MR) is 118 cm³/mol. The minimum absolute atomic E-state index is 0.647. The van der Waals surface area contributed by atoms with Crippen LogP contribution in [-0.2, 0) is 0 Å². The minimum Gasteiger partial charge on any atom is -0.497 e. The maximum absolute atomic E-state index is 5.87. The highest BCUT2D eigenvalue weighted by atomic mass is 16.5. The van der Waals surface area contributed by atoms with E-state index in [1.807, 2.05) is 30.3 Å². The van der Waals surface area contributed by atoms with E-state index in [4.69, 9.17) is 23.7 Å². The lowest BCUT2D eigenvalue weighted by atomic mass is 10.1. The van der Waals surface area contributed by atoms with Gasteiger partial charge in [0.05, 0.1) is 62.9 Å². The van der Waals surface area contributed by atoms with Crippen LogP contribution in [0.5, 0.6) is 28.7 Å². The van der Waals surface area contributed by atoms with E-state index >= 15 is 0 Å². The third kappa shape index (κ3) is 2.32. The van der Waals surface area contributed by atoms with Crippen LogP contribution in [0.4, 0.5) is 0 Å². The van der Waals surface area contributed by atoms with Gasteiger partial charge in [0.15, 0.2) is 23.0 Å². The normalized spacial score (nSPS) is 11.5. The summed E-state index contributed by atoms with van der Waals surface area (Å²) in [4.78, 5) is 7.06. The van der Waals surface area contributed by atoms with Crippen molar-refractivity contribution >= 4 is 43.6 Å². The summed E-state index contributed by atoms with van der Waals surface area (Å²) in [5.74, 6) is 3.39. The predicted octanol–water partition coefficient (Wildman–Crippen LogP) is 5.00. The van der Waals surface area contributed by atoms with Crippen LogP contribution in [0.2, 0.25) is 0 Å². The average Bonchev–Trinajstić information content (AvgIpc) is 3.34. The summed E-state index contributed by atoms with van der Waals surface area (Å²) >= 11 is 0. The first kappa shape index (κ1) is 18.3. The molecule has 0 aliphatic heterocycles. The summed E-state index contributed by atoms with van der Waals surface area (Å²) in [6.07, 6.45) is 0. The van der Waals surface area contributed by atoms with E-state index in [1.165, 1.54) is 0 Å². The molecule has 2 heterocycles. The monoisotopic (exact) mass is 406 g/mol. The Bertz CT molecular complexity index is 1430. The van der Waals surface area contributed by atoms with Gasteiger partial charge < -0.3 is 33.7 Å². The molecular weight excluding hydrogens is 384 g/mol. The quantitative estimate of drug-likeness (QED) is 0.430. The molecule has 0 bridgehead atoms. The lowest BCUT2D eigenvalue weighted by Crippen LogP contribution is -1.93. The number of methoxy groups -OCH3 is 5. The fraction of sp³-hybridized carbons (Fsp3) is 0.217. The molecule has 0 aliphatic carbocycles. The van der Waals surface area contributed by atoms with E-state index < -0.39 is 0 Å². The van der Waals surface area contributed by atoms with E-state index in [-0.39, 0.29) is 0 Å². The van der Waals surface area contributed by atoms with Crippen LogP contribution in [-0.4, -0.2) is 45.5 Å². The SMILES string of the molecule is COc1ccc2[nH]c3c4[nH]c5cc(OC)c(OC)cc5c4c(OC)c(OC)c3c2c1. The summed E-state index contributed by atoms with van der Waals surface area (Å²) in [7, 11) is 8.21. The Morgan fingerprint density at radius 1 is 0.567 bits per heavy atom. The van der Waals surface area contributed by atoms with Crippen LogP contribution in [0, 0.1) is 0 Å². The summed E-state index contributed by atoms with van der Waals surface area (Å²) in [6.45, 7) is 0. The van der Waals surface area contributed by atoms with Crippen LogP contribution >= 0.6 is 0 Å². The van der Waals surface area contributed by atoms with Crippen molar-refractivity contribution < 1.29 is 23.7 Å². The molecule has 5 rings (SSSR count). The van der Waals surface area contributed by atoms with E-state index in [2.05, 4.69) is 9.97 Å². The highest BCUT2D eigenvalue weighted by Gasteiger charge is 2.24. The smallest absolute Gasteiger partial charge is 0.171 e. The lowest BCUT2D eigenvalue weighted by molar-refractivity contribution is 0.355. The molecule has 0 unspecified atom stereocenters. The van der Waals surface area contributed by atoms with Crippen molar-refractivity contribution in [2.45, 2.75) is 0 Å². The van der Waals surface area contributed by atoms with Gasteiger partial charge in [-0.2, -0.15) is 0 Å². The number of H-pyrrole nitrogens is 2. The Labute approximate surface area is 172 Å². The second kappa shape index (κ2) is 6.66. The van der Waals surface area contributed by atoms with Crippen molar-refractivity contribution in [1.29, 1.82) is 0 Å². The molecule has 0 radical (unpaired) electrons. The highest BCUT2D eigenvalue weighted by Crippen LogP contribution is 2.50. The van der Waals surface area contributed by atoms with Gasteiger partial charge in [0, 0.05) is 22.4 Å². The summed E-state index contributed by atoms with van der Waals surface area (Å²) in [5.41, 5.74) is 3.74. The maximum Gasteiger partial charge on any atom is 0.171 e. The Morgan fingerprint density at radius 2 is 1.13 bits per heavy atom. The van der Waals surface area contributed by atoms with Crippen molar-refractivity contribution in [3.05, 3.63) is 30.3 Å². The van der Waals surface area contributed by atoms with E-state index in [1.54, 1.807) is 35.5 Å². The first-order valence-electron chi connectivity index (χ1n) is 9.45. The molecule has 0 spiro atoms. The molecule has 7 heteroatoms. The second-order valence-corrected chi connectivity index (χ2v) is 6.98. The molecule has 0 amide bonds. The van der Waals surface area contributed by atoms with Gasteiger partial charge in [-0.05, 0) is 24.3 Å². The maximum atomic E-state index is 5.87. The summed E-state index contributed by atoms with van der Waals surface area (Å²) in [5, 5.41) is 3.80. The van der Waals surface area contributed by atoms with Gasteiger partial charge in [-0.25, -0.2) is 0 Å². The first-order chi connectivity index (χ1) is 14.6. The molecule has 3 aromatic carbocycles. The zero-order valence-corrected chi connectivity index (χ0v) is 17.4. The van der Waals surface area contributed by atoms with Crippen LogP contribution < -0.4 is 23.7 Å². The van der Waals surface area contributed by atoms with Crippen molar-refractivity contribution in [2.24, 2.45) is 0 Å². The van der Waals surface area contributed by atoms with Crippen molar-refractivity contribution in [3.63, 3.8) is 0 Å². The fourth-order valence-electron chi connectivity index (χ4n) is 4.28. The molecule has 7 nitrogen and oxygen atoms in total. The molecule has 154 valence electrons. The average molecular weight is 406 g/mol. The Hall–Kier alpha value is -3.74. The van der Waals surface area contributed by atoms with Crippen LogP contribution in [0.3, 0.4) is 0 Å². The van der Waals surface area contributed by atoms with Crippen molar-refractivity contribution in [1.82, 2.24) is 9.97 Å². The molecule has 0 saturated heterocycles. The standard InChI is InChI=1S/C23H22N2O5/c1-26-11-6-7-14-12(8-11)18-20(24-14)21-19(23(30-5)22(18)29-4)13-9-16(27-2)17(28-3)10-15(13)25-21/h6-10,24-25H,1-5H3. The molecular formula is C23H22N2O5. The Balaban J connectivity index is 2.03. The van der Waals surface area contributed by atoms with Crippen LogP contribution in [0.1, 0.15) is 0 Å². The highest BCUT2D eigenvalue weighted by molar-refractivity contribution is 6.26. The third-order valence-corrected chi connectivity index (χ3v) is 5.63. The molecule has 2 aromatic heterocycles. The minimum atomic E-state index is 0.647. The zero-order chi connectivity index (χ0) is 21.0. The van der Waals surface area contributed by atoms with Gasteiger partial charge in [-0.3, -0.25) is 0 Å². The molecule has 30 heavy (non-hydrogen) atoms. The number of hydrogen-bond donors (Lipinski definition) is 2. The van der Waals surface area contributed by atoms with Gasteiger partial charge in [0.2, 0.25) is 0 Å². The number of aromatic amines is 2. The van der Waals surface area contributed by atoms with Crippen LogP contribution in [0.15, 0.2) is 30.3 Å². The Morgan fingerprint density at radius 3 is 1.70 bits per heavy atom. The van der Waals surface area contributed by atoms with Gasteiger partial charge in [0.1, 0.15) is 5.75 Å². The third-order valence-electron chi connectivity index (χ3n) is 5.63. The van der Waals surface area contributed by atoms with Gasteiger partial charge >= 0.3 is 0 Å².